The molecular formula is C12H18BrNO3S. The number of ether oxygens (including phenoxy) is 2. The molecule has 102 valence electrons. The summed E-state index contributed by atoms with van der Waals surface area (Å²) in [5, 5.41) is 5.49. The third-order valence-corrected chi connectivity index (χ3v) is 3.38. The maximum Gasteiger partial charge on any atom is 0.407 e. The number of rotatable bonds is 4. The van der Waals surface area contributed by atoms with E-state index >= 15 is 0 Å². The smallest absolute Gasteiger partial charge is 0.407 e. The predicted molar refractivity (Wildman–Crippen MR) is 76.3 cm³/mol. The summed E-state index contributed by atoms with van der Waals surface area (Å²) in [6.45, 7) is 7.77. The highest BCUT2D eigenvalue weighted by molar-refractivity contribution is 9.10. The number of alkyl carbamates (subject to hydrolysis) is 1. The molecule has 6 heteroatoms. The van der Waals surface area contributed by atoms with Crippen LogP contribution in [0.3, 0.4) is 0 Å². The van der Waals surface area contributed by atoms with Crippen molar-refractivity contribution in [1.29, 1.82) is 0 Å². The minimum Gasteiger partial charge on any atom is -0.482 e. The number of halogens is 1. The molecule has 0 unspecified atom stereocenters. The molecule has 0 saturated carbocycles. The minimum atomic E-state index is -0.483. The van der Waals surface area contributed by atoms with E-state index in [-0.39, 0.29) is 6.04 Å². The lowest BCUT2D eigenvalue weighted by Crippen LogP contribution is -2.40. The second-order valence-corrected chi connectivity index (χ2v) is 6.73. The second-order valence-electron chi connectivity index (χ2n) is 4.94. The van der Waals surface area contributed by atoms with Gasteiger partial charge in [0.1, 0.15) is 12.2 Å². The molecular weight excluding hydrogens is 318 g/mol. The van der Waals surface area contributed by atoms with Gasteiger partial charge in [0.2, 0.25) is 0 Å². The molecule has 4 nitrogen and oxygen atoms in total. The molecule has 0 fully saturated rings. The van der Waals surface area contributed by atoms with Crippen molar-refractivity contribution in [3.8, 4) is 5.06 Å². The molecule has 0 aromatic carbocycles. The Bertz CT molecular complexity index is 400. The Morgan fingerprint density at radius 1 is 1.56 bits per heavy atom. The van der Waals surface area contributed by atoms with E-state index in [0.717, 1.165) is 9.54 Å². The van der Waals surface area contributed by atoms with Crippen molar-refractivity contribution in [3.05, 3.63) is 15.9 Å². The summed E-state index contributed by atoms with van der Waals surface area (Å²) in [7, 11) is 0. The van der Waals surface area contributed by atoms with Crippen LogP contribution in [0.1, 0.15) is 27.7 Å². The molecule has 0 aliphatic heterocycles. The zero-order valence-electron chi connectivity index (χ0n) is 11.0. The summed E-state index contributed by atoms with van der Waals surface area (Å²) in [6.07, 6.45) is -0.425. The van der Waals surface area contributed by atoms with Crippen LogP contribution in [0, 0.1) is 0 Å². The van der Waals surface area contributed by atoms with Crippen molar-refractivity contribution in [2.24, 2.45) is 0 Å². The van der Waals surface area contributed by atoms with E-state index < -0.39 is 11.7 Å². The summed E-state index contributed by atoms with van der Waals surface area (Å²) < 4.78 is 11.7. The fourth-order valence-electron chi connectivity index (χ4n) is 1.13. The monoisotopic (exact) mass is 335 g/mol. The van der Waals surface area contributed by atoms with E-state index in [1.165, 1.54) is 11.3 Å². The highest BCUT2D eigenvalue weighted by atomic mass is 79.9. The van der Waals surface area contributed by atoms with Crippen LogP contribution in [0.2, 0.25) is 0 Å². The Hall–Kier alpha value is -0.750. The molecule has 1 heterocycles. The second kappa shape index (κ2) is 6.43. The van der Waals surface area contributed by atoms with Gasteiger partial charge in [-0.25, -0.2) is 4.79 Å². The minimum absolute atomic E-state index is 0.110. The van der Waals surface area contributed by atoms with Crippen LogP contribution in [-0.4, -0.2) is 24.3 Å². The molecule has 1 amide bonds. The fraction of sp³-hybridized carbons (Fsp3) is 0.583. The van der Waals surface area contributed by atoms with Gasteiger partial charge in [-0.3, -0.25) is 0 Å². The molecule has 1 atom stereocenters. The molecule has 0 bridgehead atoms. The standard InChI is InChI=1S/C12H18BrNO3S/c1-8(14-11(15)17-12(2,3)4)6-16-10-5-9(13)7-18-10/h5,7-8H,6H2,1-4H3,(H,14,15)/t8-/m0/s1. The molecule has 1 aromatic heterocycles. The molecule has 0 saturated heterocycles. The summed E-state index contributed by atoms with van der Waals surface area (Å²) >= 11 is 4.86. The molecule has 0 radical (unpaired) electrons. The number of carbonyl (C=O) groups excluding carboxylic acids is 1. The van der Waals surface area contributed by atoms with E-state index in [2.05, 4.69) is 21.2 Å². The number of carbonyl (C=O) groups is 1. The van der Waals surface area contributed by atoms with E-state index in [1.54, 1.807) is 0 Å². The topological polar surface area (TPSA) is 47.6 Å². The first-order valence-electron chi connectivity index (χ1n) is 5.62. The maximum atomic E-state index is 11.5. The highest BCUT2D eigenvalue weighted by Gasteiger charge is 2.17. The van der Waals surface area contributed by atoms with Crippen molar-refractivity contribution < 1.29 is 14.3 Å². The highest BCUT2D eigenvalue weighted by Crippen LogP contribution is 2.26. The number of nitrogens with one attached hydrogen (secondary N) is 1. The molecule has 1 aromatic rings. The van der Waals surface area contributed by atoms with Crippen molar-refractivity contribution in [2.45, 2.75) is 39.3 Å². The Balaban J connectivity index is 2.29. The summed E-state index contributed by atoms with van der Waals surface area (Å²) in [5.41, 5.74) is -0.483. The fourth-order valence-corrected chi connectivity index (χ4v) is 2.40. The van der Waals surface area contributed by atoms with Crippen LogP contribution in [0.5, 0.6) is 5.06 Å². The Kier molecular flexibility index (Phi) is 5.47. The van der Waals surface area contributed by atoms with Gasteiger partial charge in [0.25, 0.3) is 0 Å². The zero-order valence-corrected chi connectivity index (χ0v) is 13.4. The summed E-state index contributed by atoms with van der Waals surface area (Å²) in [4.78, 5) is 11.5. The number of hydrogen-bond acceptors (Lipinski definition) is 4. The largest absolute Gasteiger partial charge is 0.482 e. The van der Waals surface area contributed by atoms with Crippen LogP contribution in [0.15, 0.2) is 15.9 Å². The third kappa shape index (κ3) is 6.26. The molecule has 0 aliphatic rings. The van der Waals surface area contributed by atoms with E-state index in [1.807, 2.05) is 39.1 Å². The lowest BCUT2D eigenvalue weighted by molar-refractivity contribution is 0.0494. The molecule has 1 rings (SSSR count). The van der Waals surface area contributed by atoms with E-state index in [0.29, 0.717) is 6.61 Å². The number of amides is 1. The first-order valence-corrected chi connectivity index (χ1v) is 7.30. The van der Waals surface area contributed by atoms with E-state index in [9.17, 15) is 4.79 Å². The van der Waals surface area contributed by atoms with Crippen molar-refractivity contribution in [1.82, 2.24) is 5.32 Å². The van der Waals surface area contributed by atoms with Gasteiger partial charge in [0.15, 0.2) is 5.06 Å². The van der Waals surface area contributed by atoms with Gasteiger partial charge in [-0.15, -0.1) is 11.3 Å². The van der Waals surface area contributed by atoms with E-state index in [4.69, 9.17) is 9.47 Å². The average molecular weight is 336 g/mol. The lowest BCUT2D eigenvalue weighted by atomic mass is 10.2. The van der Waals surface area contributed by atoms with Crippen LogP contribution in [0.25, 0.3) is 0 Å². The number of thiophene rings is 1. The van der Waals surface area contributed by atoms with Gasteiger partial charge >= 0.3 is 6.09 Å². The van der Waals surface area contributed by atoms with Gasteiger partial charge < -0.3 is 14.8 Å². The first-order chi connectivity index (χ1) is 8.26. The SMILES string of the molecule is C[C@@H](COc1cc(Br)cs1)NC(=O)OC(C)(C)C. The first kappa shape index (κ1) is 15.3. The average Bonchev–Trinajstić information content (AvgIpc) is 2.58. The summed E-state index contributed by atoms with van der Waals surface area (Å²) in [5.74, 6) is 0. The normalized spacial score (nSPS) is 12.9. The summed E-state index contributed by atoms with van der Waals surface area (Å²) in [6, 6.07) is 1.78. The van der Waals surface area contributed by atoms with Crippen molar-refractivity contribution >= 4 is 33.4 Å². The van der Waals surface area contributed by atoms with Gasteiger partial charge in [-0.1, -0.05) is 0 Å². The van der Waals surface area contributed by atoms with Crippen LogP contribution in [0.4, 0.5) is 4.79 Å². The molecule has 0 spiro atoms. The Labute approximate surface area is 120 Å². The predicted octanol–water partition coefficient (Wildman–Crippen LogP) is 3.80. The van der Waals surface area contributed by atoms with Gasteiger partial charge in [-0.05, 0) is 43.6 Å². The maximum absolute atomic E-state index is 11.5. The zero-order chi connectivity index (χ0) is 13.8. The van der Waals surface area contributed by atoms with Crippen molar-refractivity contribution in [2.75, 3.05) is 6.61 Å². The molecule has 1 N–H and O–H groups in total. The van der Waals surface area contributed by atoms with Gasteiger partial charge in [0.05, 0.1) is 6.04 Å². The Morgan fingerprint density at radius 2 is 2.22 bits per heavy atom. The molecule has 0 aliphatic carbocycles. The quantitative estimate of drug-likeness (QED) is 0.910. The number of hydrogen-bond donors (Lipinski definition) is 1. The van der Waals surface area contributed by atoms with Gasteiger partial charge in [-0.2, -0.15) is 0 Å². The van der Waals surface area contributed by atoms with Crippen molar-refractivity contribution in [3.63, 3.8) is 0 Å². The van der Waals surface area contributed by atoms with Crippen LogP contribution < -0.4 is 10.1 Å². The Morgan fingerprint density at radius 3 is 2.72 bits per heavy atom. The van der Waals surface area contributed by atoms with Gasteiger partial charge in [0, 0.05) is 15.9 Å². The third-order valence-electron chi connectivity index (χ3n) is 1.78. The lowest BCUT2D eigenvalue weighted by Gasteiger charge is -2.21. The molecule has 18 heavy (non-hydrogen) atoms. The van der Waals surface area contributed by atoms with Crippen LogP contribution in [-0.2, 0) is 4.74 Å². The van der Waals surface area contributed by atoms with Crippen LogP contribution >= 0.6 is 27.3 Å².